The van der Waals surface area contributed by atoms with Crippen molar-refractivity contribution in [3.05, 3.63) is 0 Å². The van der Waals surface area contributed by atoms with E-state index in [1.807, 2.05) is 0 Å². The first-order valence-corrected chi connectivity index (χ1v) is 9.63. The molecule has 0 aromatic rings. The SMILES string of the molecule is O=C(NC1CNN(C2CCCCC2)C1)C1CC(C2CCCO2)ON1. The average molecular weight is 338 g/mol. The van der Waals surface area contributed by atoms with Gasteiger partial charge in [0.15, 0.2) is 0 Å². The number of hydrazine groups is 1. The van der Waals surface area contributed by atoms with Gasteiger partial charge in [0.25, 0.3) is 0 Å². The van der Waals surface area contributed by atoms with E-state index in [0.717, 1.165) is 32.5 Å². The van der Waals surface area contributed by atoms with Crippen LogP contribution in [0, 0.1) is 0 Å². The number of nitrogens with zero attached hydrogens (tertiary/aromatic N) is 1. The lowest BCUT2D eigenvalue weighted by Gasteiger charge is -2.30. The Morgan fingerprint density at radius 3 is 2.75 bits per heavy atom. The van der Waals surface area contributed by atoms with Crippen LogP contribution in [-0.2, 0) is 14.4 Å². The van der Waals surface area contributed by atoms with Crippen molar-refractivity contribution in [3.8, 4) is 0 Å². The monoisotopic (exact) mass is 338 g/mol. The van der Waals surface area contributed by atoms with E-state index in [4.69, 9.17) is 9.57 Å². The van der Waals surface area contributed by atoms with Crippen molar-refractivity contribution in [2.75, 3.05) is 19.7 Å². The molecule has 136 valence electrons. The van der Waals surface area contributed by atoms with E-state index in [1.165, 1.54) is 32.1 Å². The maximum absolute atomic E-state index is 12.5. The fraction of sp³-hybridized carbons (Fsp3) is 0.941. The van der Waals surface area contributed by atoms with Crippen molar-refractivity contribution in [1.29, 1.82) is 0 Å². The standard InChI is InChI=1S/C17H30N4O3/c22-17(14-9-16(24-20-14)15-7-4-8-23-15)19-12-10-18-21(11-12)13-5-2-1-3-6-13/h12-16,18,20H,1-11H2,(H,19,22). The summed E-state index contributed by atoms with van der Waals surface area (Å²) in [5, 5.41) is 5.52. The van der Waals surface area contributed by atoms with Gasteiger partial charge in [-0.1, -0.05) is 19.3 Å². The summed E-state index contributed by atoms with van der Waals surface area (Å²) < 4.78 is 5.67. The second-order valence-electron chi connectivity index (χ2n) is 7.63. The number of amides is 1. The zero-order chi connectivity index (χ0) is 16.4. The summed E-state index contributed by atoms with van der Waals surface area (Å²) >= 11 is 0. The van der Waals surface area contributed by atoms with Crippen molar-refractivity contribution < 1.29 is 14.4 Å². The molecule has 4 fully saturated rings. The molecule has 3 aliphatic heterocycles. The first-order valence-electron chi connectivity index (χ1n) is 9.63. The summed E-state index contributed by atoms with van der Waals surface area (Å²) in [6.45, 7) is 2.54. The zero-order valence-corrected chi connectivity index (χ0v) is 14.3. The maximum atomic E-state index is 12.5. The van der Waals surface area contributed by atoms with E-state index in [9.17, 15) is 4.79 Å². The quantitative estimate of drug-likeness (QED) is 0.692. The van der Waals surface area contributed by atoms with Crippen LogP contribution >= 0.6 is 0 Å². The predicted octanol–water partition coefficient (Wildman–Crippen LogP) is 0.465. The van der Waals surface area contributed by atoms with E-state index in [2.05, 4.69) is 21.2 Å². The minimum Gasteiger partial charge on any atom is -0.375 e. The third kappa shape index (κ3) is 3.75. The van der Waals surface area contributed by atoms with Gasteiger partial charge in [0, 0.05) is 32.2 Å². The second-order valence-corrected chi connectivity index (χ2v) is 7.63. The van der Waals surface area contributed by atoms with Crippen LogP contribution in [0.1, 0.15) is 51.4 Å². The minimum absolute atomic E-state index is 0.00342. The molecule has 7 heteroatoms. The van der Waals surface area contributed by atoms with Crippen LogP contribution < -0.4 is 16.2 Å². The number of nitrogens with one attached hydrogen (secondary N) is 3. The first kappa shape index (κ1) is 16.7. The molecular formula is C17H30N4O3. The number of carbonyl (C=O) groups excluding carboxylic acids is 1. The van der Waals surface area contributed by atoms with Crippen LogP contribution in [0.5, 0.6) is 0 Å². The molecule has 7 nitrogen and oxygen atoms in total. The smallest absolute Gasteiger partial charge is 0.239 e. The molecule has 0 aromatic carbocycles. The fourth-order valence-electron chi connectivity index (χ4n) is 4.45. The average Bonchev–Trinajstić information content (AvgIpc) is 3.36. The highest BCUT2D eigenvalue weighted by molar-refractivity contribution is 5.82. The van der Waals surface area contributed by atoms with Crippen LogP contribution in [0.25, 0.3) is 0 Å². The van der Waals surface area contributed by atoms with Gasteiger partial charge < -0.3 is 10.1 Å². The summed E-state index contributed by atoms with van der Waals surface area (Å²) in [5.74, 6) is 0.0489. The summed E-state index contributed by atoms with van der Waals surface area (Å²) in [6, 6.07) is 0.559. The molecule has 1 amide bonds. The van der Waals surface area contributed by atoms with Crippen LogP contribution in [-0.4, -0.2) is 60.9 Å². The third-order valence-corrected chi connectivity index (χ3v) is 5.85. The van der Waals surface area contributed by atoms with Crippen molar-refractivity contribution >= 4 is 5.91 Å². The topological polar surface area (TPSA) is 74.9 Å². The maximum Gasteiger partial charge on any atom is 0.239 e. The molecule has 0 bridgehead atoms. The molecule has 0 aromatic heterocycles. The van der Waals surface area contributed by atoms with E-state index >= 15 is 0 Å². The van der Waals surface area contributed by atoms with E-state index in [1.54, 1.807) is 0 Å². The van der Waals surface area contributed by atoms with E-state index < -0.39 is 0 Å². The van der Waals surface area contributed by atoms with Gasteiger partial charge in [-0.3, -0.25) is 15.1 Å². The molecule has 4 aliphatic rings. The number of hydroxylamine groups is 1. The molecule has 3 saturated heterocycles. The Hall–Kier alpha value is -0.730. The van der Waals surface area contributed by atoms with E-state index in [-0.39, 0.29) is 30.2 Å². The number of hydrogen-bond acceptors (Lipinski definition) is 6. The Balaban J connectivity index is 1.22. The Bertz CT molecular complexity index is 438. The molecule has 4 atom stereocenters. The van der Waals surface area contributed by atoms with Gasteiger partial charge in [-0.25, -0.2) is 5.01 Å². The number of rotatable bonds is 4. The molecule has 0 radical (unpaired) electrons. The fourth-order valence-corrected chi connectivity index (χ4v) is 4.45. The summed E-state index contributed by atoms with van der Waals surface area (Å²) in [4.78, 5) is 18.1. The summed E-state index contributed by atoms with van der Waals surface area (Å²) in [6.07, 6.45) is 9.53. The van der Waals surface area contributed by atoms with Gasteiger partial charge in [0.1, 0.15) is 12.1 Å². The van der Waals surface area contributed by atoms with Gasteiger partial charge in [0.05, 0.1) is 12.1 Å². The molecule has 4 rings (SSSR count). The molecule has 0 spiro atoms. The highest BCUT2D eigenvalue weighted by Gasteiger charge is 2.38. The Labute approximate surface area is 143 Å². The molecule has 3 heterocycles. The Morgan fingerprint density at radius 2 is 1.96 bits per heavy atom. The predicted molar refractivity (Wildman–Crippen MR) is 88.9 cm³/mol. The molecule has 24 heavy (non-hydrogen) atoms. The van der Waals surface area contributed by atoms with Gasteiger partial charge in [0.2, 0.25) is 5.91 Å². The Kier molecular flexibility index (Phi) is 5.34. The van der Waals surface area contributed by atoms with Crippen LogP contribution in [0.3, 0.4) is 0 Å². The van der Waals surface area contributed by atoms with Crippen molar-refractivity contribution in [3.63, 3.8) is 0 Å². The lowest BCUT2D eigenvalue weighted by Crippen LogP contribution is -2.47. The zero-order valence-electron chi connectivity index (χ0n) is 14.3. The van der Waals surface area contributed by atoms with Gasteiger partial charge >= 0.3 is 0 Å². The van der Waals surface area contributed by atoms with Crippen LogP contribution in [0.2, 0.25) is 0 Å². The highest BCUT2D eigenvalue weighted by atomic mass is 16.7. The highest BCUT2D eigenvalue weighted by Crippen LogP contribution is 2.25. The van der Waals surface area contributed by atoms with Crippen molar-refractivity contribution in [2.45, 2.75) is 81.7 Å². The number of carbonyl (C=O) groups is 1. The summed E-state index contributed by atoms with van der Waals surface area (Å²) in [7, 11) is 0. The number of ether oxygens (including phenoxy) is 1. The largest absolute Gasteiger partial charge is 0.375 e. The molecule has 4 unspecified atom stereocenters. The first-order chi connectivity index (χ1) is 11.8. The van der Waals surface area contributed by atoms with Crippen molar-refractivity contribution in [2.24, 2.45) is 0 Å². The Morgan fingerprint density at radius 1 is 1.08 bits per heavy atom. The van der Waals surface area contributed by atoms with Crippen LogP contribution in [0.15, 0.2) is 0 Å². The third-order valence-electron chi connectivity index (χ3n) is 5.85. The van der Waals surface area contributed by atoms with E-state index in [0.29, 0.717) is 12.5 Å². The molecule has 1 aliphatic carbocycles. The van der Waals surface area contributed by atoms with Gasteiger partial charge in [-0.15, -0.1) is 0 Å². The normalized spacial score (nSPS) is 38.7. The van der Waals surface area contributed by atoms with Gasteiger partial charge in [-0.05, 0) is 25.7 Å². The molecule has 3 N–H and O–H groups in total. The second kappa shape index (κ2) is 7.66. The lowest BCUT2D eigenvalue weighted by molar-refractivity contribution is -0.125. The minimum atomic E-state index is -0.261. The lowest BCUT2D eigenvalue weighted by atomic mass is 9.95. The number of hydrogen-bond donors (Lipinski definition) is 3. The van der Waals surface area contributed by atoms with Crippen LogP contribution in [0.4, 0.5) is 0 Å². The van der Waals surface area contributed by atoms with Crippen molar-refractivity contribution in [1.82, 2.24) is 21.2 Å². The molecular weight excluding hydrogens is 308 g/mol. The summed E-state index contributed by atoms with van der Waals surface area (Å²) in [5.41, 5.74) is 6.38. The molecule has 1 saturated carbocycles. The van der Waals surface area contributed by atoms with Gasteiger partial charge in [-0.2, -0.15) is 5.48 Å².